The summed E-state index contributed by atoms with van der Waals surface area (Å²) in [5.41, 5.74) is 1.17. The zero-order chi connectivity index (χ0) is 21.5. The van der Waals surface area contributed by atoms with Crippen LogP contribution in [-0.4, -0.2) is 78.4 Å². The number of aromatic nitrogens is 3. The molecule has 5 rings (SSSR count). The lowest BCUT2D eigenvalue weighted by Gasteiger charge is -2.39. The Morgan fingerprint density at radius 3 is 2.77 bits per heavy atom. The Labute approximate surface area is 184 Å². The van der Waals surface area contributed by atoms with Gasteiger partial charge < -0.3 is 23.7 Å². The van der Waals surface area contributed by atoms with Crippen LogP contribution in [0.25, 0.3) is 0 Å². The summed E-state index contributed by atoms with van der Waals surface area (Å²) < 4.78 is 16.3. The van der Waals surface area contributed by atoms with E-state index in [1.165, 1.54) is 16.8 Å². The Bertz CT molecular complexity index is 971. The Morgan fingerprint density at radius 1 is 1.29 bits per heavy atom. The van der Waals surface area contributed by atoms with Crippen molar-refractivity contribution in [2.24, 2.45) is 0 Å². The molecule has 2 fully saturated rings. The van der Waals surface area contributed by atoms with Gasteiger partial charge in [0.25, 0.3) is 0 Å². The van der Waals surface area contributed by atoms with E-state index in [1.54, 1.807) is 6.92 Å². The van der Waals surface area contributed by atoms with Crippen molar-refractivity contribution in [3.63, 3.8) is 0 Å². The van der Waals surface area contributed by atoms with E-state index >= 15 is 0 Å². The molecule has 5 heterocycles. The highest BCUT2D eigenvalue weighted by Gasteiger charge is 2.40. The molecule has 0 radical (unpaired) electrons. The van der Waals surface area contributed by atoms with Crippen molar-refractivity contribution >= 4 is 28.6 Å². The molecule has 2 aromatic rings. The molecule has 1 atom stereocenters. The first-order valence-electron chi connectivity index (χ1n) is 10.7. The molecule has 0 aliphatic carbocycles. The van der Waals surface area contributed by atoms with Crippen molar-refractivity contribution in [2.45, 2.75) is 43.2 Å². The predicted molar refractivity (Wildman–Crippen MR) is 117 cm³/mol. The van der Waals surface area contributed by atoms with Gasteiger partial charge in [0.05, 0.1) is 19.3 Å². The number of anilines is 2. The van der Waals surface area contributed by atoms with E-state index in [0.29, 0.717) is 25.0 Å². The fourth-order valence-corrected chi connectivity index (χ4v) is 6.07. The lowest BCUT2D eigenvalue weighted by molar-refractivity contribution is 0.0195. The molecule has 2 saturated heterocycles. The van der Waals surface area contributed by atoms with Gasteiger partial charge in [-0.15, -0.1) is 0 Å². The van der Waals surface area contributed by atoms with E-state index in [-0.39, 0.29) is 22.8 Å². The highest BCUT2D eigenvalue weighted by Crippen LogP contribution is 2.36. The van der Waals surface area contributed by atoms with Gasteiger partial charge in [0, 0.05) is 50.5 Å². The van der Waals surface area contributed by atoms with Crippen molar-refractivity contribution in [1.29, 1.82) is 0 Å². The minimum Gasteiger partial charge on any atom is -0.453 e. The lowest BCUT2D eigenvalue weighted by atomic mass is 10.1. The third-order valence-electron chi connectivity index (χ3n) is 6.20. The van der Waals surface area contributed by atoms with Gasteiger partial charge in [0.1, 0.15) is 23.8 Å². The molecule has 3 aliphatic rings. The summed E-state index contributed by atoms with van der Waals surface area (Å²) >= 11 is 0. The van der Waals surface area contributed by atoms with Crippen LogP contribution < -0.4 is 9.80 Å². The van der Waals surface area contributed by atoms with Crippen LogP contribution in [0.5, 0.6) is 0 Å². The molecule has 0 N–H and O–H groups in total. The first-order chi connectivity index (χ1) is 15.0. The van der Waals surface area contributed by atoms with E-state index in [4.69, 9.17) is 23.9 Å². The van der Waals surface area contributed by atoms with Crippen LogP contribution in [0.4, 0.5) is 11.8 Å². The van der Waals surface area contributed by atoms with Gasteiger partial charge in [-0.05, 0) is 12.8 Å². The van der Waals surface area contributed by atoms with Crippen molar-refractivity contribution in [3.05, 3.63) is 23.5 Å². The third-order valence-corrected chi connectivity index (χ3v) is 8.13. The van der Waals surface area contributed by atoms with Crippen molar-refractivity contribution in [2.75, 3.05) is 55.2 Å². The number of hydrogen-bond donors (Lipinski definition) is 0. The Hall–Kier alpha value is -2.33. The predicted octanol–water partition coefficient (Wildman–Crippen LogP) is 1.60. The van der Waals surface area contributed by atoms with E-state index in [2.05, 4.69) is 28.1 Å². The SMILES string of the molecule is Cc1ncc(C(=O)OC2CN(c3nc4c(c(N(C)C5CCOCC5)n3)[S+](C)CC4)C2)o1. The van der Waals surface area contributed by atoms with E-state index in [1.807, 2.05) is 0 Å². The number of oxazole rings is 1. The Balaban J connectivity index is 1.31. The number of fused-ring (bicyclic) bond motifs is 1. The number of aryl methyl sites for hydroxylation is 2. The topological polar surface area (TPSA) is 93.8 Å². The molecule has 2 aromatic heterocycles. The first kappa shape index (κ1) is 20.6. The summed E-state index contributed by atoms with van der Waals surface area (Å²) in [7, 11) is 2.32. The zero-order valence-electron chi connectivity index (χ0n) is 18.2. The molecule has 31 heavy (non-hydrogen) atoms. The fourth-order valence-electron chi connectivity index (χ4n) is 4.32. The number of esters is 1. The molecule has 0 aromatic carbocycles. The largest absolute Gasteiger partial charge is 0.453 e. The van der Waals surface area contributed by atoms with Crippen LogP contribution in [0, 0.1) is 6.92 Å². The molecule has 0 bridgehead atoms. The number of rotatable bonds is 5. The van der Waals surface area contributed by atoms with Gasteiger partial charge in [-0.2, -0.15) is 4.98 Å². The molecule has 0 saturated carbocycles. The number of nitrogens with zero attached hydrogens (tertiary/aromatic N) is 5. The maximum absolute atomic E-state index is 12.2. The summed E-state index contributed by atoms with van der Waals surface area (Å²) in [4.78, 5) is 31.8. The number of ether oxygens (including phenoxy) is 2. The highest BCUT2D eigenvalue weighted by molar-refractivity contribution is 7.96. The highest BCUT2D eigenvalue weighted by atomic mass is 32.2. The van der Waals surface area contributed by atoms with Crippen LogP contribution in [0.3, 0.4) is 0 Å². The van der Waals surface area contributed by atoms with E-state index in [0.717, 1.165) is 50.0 Å². The quantitative estimate of drug-likeness (QED) is 0.501. The number of hydrogen-bond acceptors (Lipinski definition) is 9. The minimum absolute atomic E-state index is 0.139. The average molecular weight is 447 g/mol. The standard InChI is InChI=1S/C21H28N5O4S/c1-13-22-10-17(29-13)20(27)30-15-11-26(12-15)21-23-16-6-9-31(3)18(16)19(24-21)25(2)14-4-7-28-8-5-14/h10,14-15H,4-9,11-12H2,1-3H3/q+1. The molecule has 166 valence electrons. The van der Waals surface area contributed by atoms with Gasteiger partial charge in [-0.1, -0.05) is 0 Å². The van der Waals surface area contributed by atoms with Crippen LogP contribution >= 0.6 is 0 Å². The average Bonchev–Trinajstić information content (AvgIpc) is 3.35. The van der Waals surface area contributed by atoms with E-state index < -0.39 is 5.97 Å². The van der Waals surface area contributed by atoms with Crippen LogP contribution in [0.15, 0.2) is 15.5 Å². The summed E-state index contributed by atoms with van der Waals surface area (Å²) in [6, 6.07) is 0.439. The fraction of sp³-hybridized carbons (Fsp3) is 0.619. The molecular formula is C21H28N5O4S+. The summed E-state index contributed by atoms with van der Waals surface area (Å²) in [6.45, 7) is 4.46. The molecular weight excluding hydrogens is 418 g/mol. The lowest BCUT2D eigenvalue weighted by Crippen LogP contribution is -2.54. The van der Waals surface area contributed by atoms with Crippen molar-refractivity contribution in [3.8, 4) is 0 Å². The number of carbonyl (C=O) groups excluding carboxylic acids is 1. The number of carbonyl (C=O) groups is 1. The second-order valence-electron chi connectivity index (χ2n) is 8.34. The summed E-state index contributed by atoms with van der Waals surface area (Å²) in [5, 5.41) is 0. The zero-order valence-corrected chi connectivity index (χ0v) is 19.0. The van der Waals surface area contributed by atoms with Gasteiger partial charge in [0.2, 0.25) is 16.6 Å². The minimum atomic E-state index is -0.477. The van der Waals surface area contributed by atoms with Gasteiger partial charge in [-0.3, -0.25) is 0 Å². The summed E-state index contributed by atoms with van der Waals surface area (Å²) in [5.74, 6) is 3.04. The van der Waals surface area contributed by atoms with Gasteiger partial charge >= 0.3 is 5.97 Å². The molecule has 1 unspecified atom stereocenters. The molecule has 0 spiro atoms. The summed E-state index contributed by atoms with van der Waals surface area (Å²) in [6.07, 6.45) is 6.53. The smallest absolute Gasteiger partial charge is 0.376 e. The van der Waals surface area contributed by atoms with Crippen LogP contribution in [0.2, 0.25) is 0 Å². The maximum atomic E-state index is 12.2. The van der Waals surface area contributed by atoms with Crippen LogP contribution in [0.1, 0.15) is 35.0 Å². The third kappa shape index (κ3) is 3.98. The molecule has 3 aliphatic heterocycles. The van der Waals surface area contributed by atoms with Crippen molar-refractivity contribution < 1.29 is 18.7 Å². The first-order valence-corrected chi connectivity index (χ1v) is 12.5. The van der Waals surface area contributed by atoms with Crippen LogP contribution in [-0.2, 0) is 26.8 Å². The molecule has 10 heteroatoms. The van der Waals surface area contributed by atoms with Crippen molar-refractivity contribution in [1.82, 2.24) is 15.0 Å². The normalized spacial score (nSPS) is 21.6. The Kier molecular flexibility index (Phi) is 5.51. The maximum Gasteiger partial charge on any atom is 0.376 e. The molecule has 0 amide bonds. The van der Waals surface area contributed by atoms with Gasteiger partial charge in [-0.25, -0.2) is 14.8 Å². The van der Waals surface area contributed by atoms with Gasteiger partial charge in [0.15, 0.2) is 11.7 Å². The molecule has 9 nitrogen and oxygen atoms in total. The monoisotopic (exact) mass is 446 g/mol. The van der Waals surface area contributed by atoms with E-state index in [9.17, 15) is 4.79 Å². The second kappa shape index (κ2) is 8.31. The Morgan fingerprint density at radius 2 is 2.06 bits per heavy atom. The second-order valence-corrected chi connectivity index (χ2v) is 10.4.